The van der Waals surface area contributed by atoms with Gasteiger partial charge in [0.25, 0.3) is 0 Å². The Labute approximate surface area is 115 Å². The second kappa shape index (κ2) is 7.78. The summed E-state index contributed by atoms with van der Waals surface area (Å²) < 4.78 is 44.1. The molecular formula is C14H15F3O3. The van der Waals surface area contributed by atoms with E-state index in [0.717, 1.165) is 11.1 Å². The molecule has 0 aliphatic rings. The number of aliphatic hydroxyl groups is 1. The third kappa shape index (κ3) is 6.45. The molecule has 0 aliphatic heterocycles. The van der Waals surface area contributed by atoms with Crippen molar-refractivity contribution in [2.24, 2.45) is 0 Å². The molecule has 0 radical (unpaired) electrons. The summed E-state index contributed by atoms with van der Waals surface area (Å²) in [5, 5.41) is 8.61. The predicted octanol–water partition coefficient (Wildman–Crippen LogP) is 2.64. The highest BCUT2D eigenvalue weighted by atomic mass is 19.4. The summed E-state index contributed by atoms with van der Waals surface area (Å²) in [6.07, 6.45) is -4.24. The van der Waals surface area contributed by atoms with E-state index in [1.807, 2.05) is 0 Å². The lowest BCUT2D eigenvalue weighted by Gasteiger charge is -2.11. The Bertz CT molecular complexity index is 487. The van der Waals surface area contributed by atoms with Crippen LogP contribution in [0.3, 0.4) is 0 Å². The smallest absolute Gasteiger partial charge is 0.491 e. The van der Waals surface area contributed by atoms with E-state index >= 15 is 0 Å². The number of alkyl halides is 3. The van der Waals surface area contributed by atoms with Crippen LogP contribution in [0.25, 0.3) is 0 Å². The highest BCUT2D eigenvalue weighted by molar-refractivity contribution is 5.43. The van der Waals surface area contributed by atoms with Crippen LogP contribution < -0.4 is 4.74 Å². The van der Waals surface area contributed by atoms with Crippen LogP contribution in [0.5, 0.6) is 5.75 Å². The minimum atomic E-state index is -4.63. The van der Waals surface area contributed by atoms with Crippen LogP contribution >= 0.6 is 0 Å². The van der Waals surface area contributed by atoms with Gasteiger partial charge in [-0.3, -0.25) is 4.74 Å². The number of rotatable bonds is 5. The third-order valence-electron chi connectivity index (χ3n) is 2.25. The van der Waals surface area contributed by atoms with Crippen LogP contribution in [0.2, 0.25) is 0 Å². The van der Waals surface area contributed by atoms with Gasteiger partial charge in [0.15, 0.2) is 0 Å². The Morgan fingerprint density at radius 2 is 2.00 bits per heavy atom. The van der Waals surface area contributed by atoms with Gasteiger partial charge in [0.05, 0.1) is 13.2 Å². The molecule has 0 spiro atoms. The Morgan fingerprint density at radius 1 is 1.25 bits per heavy atom. The standard InChI is InChI=1S/C14H15F3O3/c1-11-10-12(4-2-3-7-18)5-6-13(11)19-8-9-20-14(15,16)17/h5-6,10,18H,3,7-9H2,1H3. The molecule has 3 nitrogen and oxygen atoms in total. The molecule has 0 unspecified atom stereocenters. The molecule has 6 heteroatoms. The van der Waals surface area contributed by atoms with Crippen molar-refractivity contribution in [1.29, 1.82) is 0 Å². The van der Waals surface area contributed by atoms with Gasteiger partial charge < -0.3 is 9.84 Å². The van der Waals surface area contributed by atoms with Crippen molar-refractivity contribution in [3.05, 3.63) is 29.3 Å². The van der Waals surface area contributed by atoms with E-state index in [4.69, 9.17) is 9.84 Å². The maximum absolute atomic E-state index is 11.8. The van der Waals surface area contributed by atoms with Gasteiger partial charge in [0, 0.05) is 12.0 Å². The quantitative estimate of drug-likeness (QED) is 0.668. The van der Waals surface area contributed by atoms with Crippen LogP contribution in [-0.4, -0.2) is 31.3 Å². The molecule has 110 valence electrons. The van der Waals surface area contributed by atoms with E-state index in [1.165, 1.54) is 0 Å². The van der Waals surface area contributed by atoms with Crippen molar-refractivity contribution in [1.82, 2.24) is 0 Å². The lowest BCUT2D eigenvalue weighted by Crippen LogP contribution is -2.18. The average molecular weight is 288 g/mol. The second-order valence-corrected chi connectivity index (χ2v) is 3.90. The molecule has 0 bridgehead atoms. The van der Waals surface area contributed by atoms with Gasteiger partial charge in [-0.05, 0) is 30.7 Å². The highest BCUT2D eigenvalue weighted by Crippen LogP contribution is 2.19. The third-order valence-corrected chi connectivity index (χ3v) is 2.25. The SMILES string of the molecule is Cc1cc(C#CCCO)ccc1OCCOC(F)(F)F. The largest absolute Gasteiger partial charge is 0.522 e. The summed E-state index contributed by atoms with van der Waals surface area (Å²) in [4.78, 5) is 0. The Kier molecular flexibility index (Phi) is 6.36. The van der Waals surface area contributed by atoms with E-state index in [1.54, 1.807) is 25.1 Å². The van der Waals surface area contributed by atoms with Crippen molar-refractivity contribution in [2.75, 3.05) is 19.8 Å². The predicted molar refractivity (Wildman–Crippen MR) is 67.3 cm³/mol. The van der Waals surface area contributed by atoms with Crippen LogP contribution in [0.4, 0.5) is 13.2 Å². The normalized spacial score (nSPS) is 10.8. The molecule has 0 atom stereocenters. The fourth-order valence-electron chi connectivity index (χ4n) is 1.42. The number of aryl methyl sites for hydroxylation is 1. The summed E-state index contributed by atoms with van der Waals surface area (Å²) in [5.41, 5.74) is 1.53. The first-order valence-corrected chi connectivity index (χ1v) is 5.96. The zero-order valence-electron chi connectivity index (χ0n) is 11.0. The van der Waals surface area contributed by atoms with Crippen molar-refractivity contribution in [2.45, 2.75) is 19.7 Å². The molecule has 1 aromatic rings. The Hall–Kier alpha value is -1.71. The van der Waals surface area contributed by atoms with Crippen molar-refractivity contribution >= 4 is 0 Å². The average Bonchev–Trinajstić information content (AvgIpc) is 2.36. The van der Waals surface area contributed by atoms with Crippen LogP contribution in [0.15, 0.2) is 18.2 Å². The molecule has 1 rings (SSSR count). The van der Waals surface area contributed by atoms with E-state index < -0.39 is 13.0 Å². The molecule has 0 aromatic heterocycles. The topological polar surface area (TPSA) is 38.7 Å². The van der Waals surface area contributed by atoms with Crippen LogP contribution in [0, 0.1) is 18.8 Å². The molecule has 1 N–H and O–H groups in total. The zero-order valence-corrected chi connectivity index (χ0v) is 11.0. The molecule has 0 fully saturated rings. The summed E-state index contributed by atoms with van der Waals surface area (Å²) in [6, 6.07) is 5.12. The summed E-state index contributed by atoms with van der Waals surface area (Å²) in [5.74, 6) is 6.13. The summed E-state index contributed by atoms with van der Waals surface area (Å²) in [7, 11) is 0. The first-order chi connectivity index (χ1) is 9.42. The number of hydrogen-bond donors (Lipinski definition) is 1. The van der Waals surface area contributed by atoms with Gasteiger partial charge in [0.1, 0.15) is 12.4 Å². The zero-order chi connectivity index (χ0) is 15.0. The molecule has 1 aromatic carbocycles. The Balaban J connectivity index is 2.50. The van der Waals surface area contributed by atoms with Crippen LogP contribution in [0.1, 0.15) is 17.5 Å². The van der Waals surface area contributed by atoms with Gasteiger partial charge >= 0.3 is 6.36 Å². The van der Waals surface area contributed by atoms with E-state index in [0.29, 0.717) is 12.2 Å². The molecular weight excluding hydrogens is 273 g/mol. The first-order valence-electron chi connectivity index (χ1n) is 5.96. The molecule has 0 heterocycles. The van der Waals surface area contributed by atoms with Gasteiger partial charge in [0.2, 0.25) is 0 Å². The fraction of sp³-hybridized carbons (Fsp3) is 0.429. The summed E-state index contributed by atoms with van der Waals surface area (Å²) >= 11 is 0. The number of benzene rings is 1. The lowest BCUT2D eigenvalue weighted by molar-refractivity contribution is -0.325. The van der Waals surface area contributed by atoms with Crippen molar-refractivity contribution < 1.29 is 27.8 Å². The summed E-state index contributed by atoms with van der Waals surface area (Å²) in [6.45, 7) is 1.04. The molecule has 0 saturated heterocycles. The molecule has 0 aliphatic carbocycles. The van der Waals surface area contributed by atoms with Gasteiger partial charge in [-0.15, -0.1) is 13.2 Å². The number of hydrogen-bond acceptors (Lipinski definition) is 3. The van der Waals surface area contributed by atoms with Crippen LogP contribution in [-0.2, 0) is 4.74 Å². The monoisotopic (exact) mass is 288 g/mol. The Morgan fingerprint density at radius 3 is 2.60 bits per heavy atom. The van der Waals surface area contributed by atoms with Crippen molar-refractivity contribution in [3.63, 3.8) is 0 Å². The van der Waals surface area contributed by atoms with Gasteiger partial charge in [-0.25, -0.2) is 0 Å². The minimum Gasteiger partial charge on any atom is -0.491 e. The maximum atomic E-state index is 11.8. The number of ether oxygens (including phenoxy) is 2. The van der Waals surface area contributed by atoms with Gasteiger partial charge in [-0.2, -0.15) is 0 Å². The van der Waals surface area contributed by atoms with Crippen molar-refractivity contribution in [3.8, 4) is 17.6 Å². The fourth-order valence-corrected chi connectivity index (χ4v) is 1.42. The lowest BCUT2D eigenvalue weighted by atomic mass is 10.1. The molecule has 0 saturated carbocycles. The number of halogens is 3. The number of aliphatic hydroxyl groups excluding tert-OH is 1. The van der Waals surface area contributed by atoms with E-state index in [9.17, 15) is 13.2 Å². The maximum Gasteiger partial charge on any atom is 0.522 e. The minimum absolute atomic E-state index is 0.00633. The molecule has 0 amide bonds. The van der Waals surface area contributed by atoms with E-state index in [-0.39, 0.29) is 13.2 Å². The first kappa shape index (κ1) is 16.3. The highest BCUT2D eigenvalue weighted by Gasteiger charge is 2.28. The van der Waals surface area contributed by atoms with Gasteiger partial charge in [-0.1, -0.05) is 11.8 Å². The second-order valence-electron chi connectivity index (χ2n) is 3.90. The molecule has 20 heavy (non-hydrogen) atoms. The van der Waals surface area contributed by atoms with E-state index in [2.05, 4.69) is 16.6 Å².